The number of aryl methyl sites for hydroxylation is 1. The van der Waals surface area contributed by atoms with Crippen molar-refractivity contribution in [1.29, 1.82) is 0 Å². The van der Waals surface area contributed by atoms with Gasteiger partial charge in [0.15, 0.2) is 0 Å². The number of aliphatic hydroxyl groups is 1. The Morgan fingerprint density at radius 1 is 1.36 bits per heavy atom. The number of halogens is 1. The van der Waals surface area contributed by atoms with E-state index in [2.05, 4.69) is 15.0 Å². The van der Waals surface area contributed by atoms with E-state index in [-0.39, 0.29) is 17.8 Å². The second kappa shape index (κ2) is 7.28. The Hall–Kier alpha value is -2.32. The van der Waals surface area contributed by atoms with E-state index >= 15 is 0 Å². The molecule has 1 amide bonds. The average Bonchev–Trinajstić information content (AvgIpc) is 3.13. The molecule has 0 saturated carbocycles. The zero-order valence-corrected chi connectivity index (χ0v) is 14.3. The number of benzene rings is 1. The molecule has 1 aromatic carbocycles. The normalized spacial score (nSPS) is 16.9. The molecule has 8 heteroatoms. The summed E-state index contributed by atoms with van der Waals surface area (Å²) < 4.78 is 19.1. The number of amides is 1. The minimum atomic E-state index is -0.463. The number of aliphatic hydroxyl groups excluding tert-OH is 1. The van der Waals surface area contributed by atoms with Crippen LogP contribution in [0.3, 0.4) is 0 Å². The van der Waals surface area contributed by atoms with Gasteiger partial charge in [-0.25, -0.2) is 4.39 Å². The summed E-state index contributed by atoms with van der Waals surface area (Å²) in [6.07, 6.45) is 0. The second-order valence-corrected chi connectivity index (χ2v) is 6.17. The second-order valence-electron chi connectivity index (χ2n) is 6.17. The molecule has 1 fully saturated rings. The fourth-order valence-electron chi connectivity index (χ4n) is 2.87. The minimum absolute atomic E-state index is 0.108. The van der Waals surface area contributed by atoms with E-state index in [0.717, 1.165) is 0 Å². The number of piperazine rings is 1. The molecule has 0 spiro atoms. The van der Waals surface area contributed by atoms with Gasteiger partial charge in [-0.3, -0.25) is 9.69 Å². The Kier molecular flexibility index (Phi) is 5.10. The van der Waals surface area contributed by atoms with Gasteiger partial charge in [-0.05, 0) is 25.5 Å². The maximum atomic E-state index is 13.7. The van der Waals surface area contributed by atoms with Crippen LogP contribution >= 0.6 is 0 Å². The predicted octanol–water partition coefficient (Wildman–Crippen LogP) is 1.38. The molecule has 2 aromatic rings. The van der Waals surface area contributed by atoms with Crippen molar-refractivity contribution in [3.8, 4) is 11.4 Å². The smallest absolute Gasteiger partial charge is 0.248 e. The Bertz CT molecular complexity index is 756. The maximum Gasteiger partial charge on any atom is 0.248 e. The lowest BCUT2D eigenvalue weighted by Crippen LogP contribution is -2.50. The lowest BCUT2D eigenvalue weighted by molar-refractivity contribution is -0.136. The van der Waals surface area contributed by atoms with E-state index in [0.29, 0.717) is 49.0 Å². The van der Waals surface area contributed by atoms with Crippen LogP contribution in [0, 0.1) is 12.7 Å². The number of rotatable bonds is 4. The standard InChI is InChI=1S/C17H21FN4O3/c1-11-3-4-13(9-14(11)18)16-19-17(25-20-16)12(2)21-5-7-22(8-6-21)15(24)10-23/h3-4,9,12,23H,5-8,10H2,1-2H3. The summed E-state index contributed by atoms with van der Waals surface area (Å²) in [5.74, 6) is 0.253. The number of aromatic nitrogens is 2. The van der Waals surface area contributed by atoms with Crippen molar-refractivity contribution in [2.24, 2.45) is 0 Å². The summed E-state index contributed by atoms with van der Waals surface area (Å²) in [6.45, 7) is 5.60. The van der Waals surface area contributed by atoms with Crippen molar-refractivity contribution >= 4 is 5.91 Å². The fourth-order valence-corrected chi connectivity index (χ4v) is 2.87. The molecule has 1 unspecified atom stereocenters. The highest BCUT2D eigenvalue weighted by molar-refractivity contribution is 5.77. The molecular formula is C17H21FN4O3. The molecule has 7 nitrogen and oxygen atoms in total. The molecule has 1 atom stereocenters. The van der Waals surface area contributed by atoms with Crippen LogP contribution in [0.4, 0.5) is 4.39 Å². The third kappa shape index (κ3) is 3.69. The third-order valence-electron chi connectivity index (χ3n) is 4.58. The number of carbonyl (C=O) groups excluding carboxylic acids is 1. The van der Waals surface area contributed by atoms with E-state index in [1.165, 1.54) is 6.07 Å². The first-order chi connectivity index (χ1) is 12.0. The molecule has 1 aliphatic rings. The van der Waals surface area contributed by atoms with Gasteiger partial charge >= 0.3 is 0 Å². The monoisotopic (exact) mass is 348 g/mol. The lowest BCUT2D eigenvalue weighted by Gasteiger charge is -2.36. The summed E-state index contributed by atoms with van der Waals surface area (Å²) in [5, 5.41) is 12.9. The molecule has 2 heterocycles. The zero-order valence-electron chi connectivity index (χ0n) is 14.3. The van der Waals surface area contributed by atoms with Crippen LogP contribution in [0.2, 0.25) is 0 Å². The van der Waals surface area contributed by atoms with Crippen LogP contribution in [0.1, 0.15) is 24.4 Å². The minimum Gasteiger partial charge on any atom is -0.387 e. The van der Waals surface area contributed by atoms with Crippen LogP contribution in [0.15, 0.2) is 22.7 Å². The van der Waals surface area contributed by atoms with Gasteiger partial charge in [0.05, 0.1) is 6.04 Å². The first-order valence-corrected chi connectivity index (χ1v) is 8.22. The van der Waals surface area contributed by atoms with Gasteiger partial charge in [-0.15, -0.1) is 0 Å². The van der Waals surface area contributed by atoms with Crippen LogP contribution in [-0.4, -0.2) is 63.7 Å². The van der Waals surface area contributed by atoms with E-state index < -0.39 is 6.61 Å². The van der Waals surface area contributed by atoms with Gasteiger partial charge in [0.1, 0.15) is 12.4 Å². The first kappa shape index (κ1) is 17.5. The van der Waals surface area contributed by atoms with Gasteiger partial charge in [0, 0.05) is 31.7 Å². The molecule has 25 heavy (non-hydrogen) atoms. The summed E-state index contributed by atoms with van der Waals surface area (Å²) in [6, 6.07) is 4.73. The van der Waals surface area contributed by atoms with Crippen molar-refractivity contribution in [3.05, 3.63) is 35.5 Å². The van der Waals surface area contributed by atoms with Crippen molar-refractivity contribution in [2.75, 3.05) is 32.8 Å². The number of carbonyl (C=O) groups is 1. The van der Waals surface area contributed by atoms with E-state index in [1.54, 1.807) is 24.0 Å². The Labute approximate surface area is 145 Å². The SMILES string of the molecule is Cc1ccc(-c2noc(C(C)N3CCN(C(=O)CO)CC3)n2)cc1F. The zero-order chi connectivity index (χ0) is 18.0. The molecule has 134 valence electrons. The number of hydrogen-bond acceptors (Lipinski definition) is 6. The summed E-state index contributed by atoms with van der Waals surface area (Å²) in [4.78, 5) is 19.7. The highest BCUT2D eigenvalue weighted by atomic mass is 19.1. The molecule has 0 radical (unpaired) electrons. The summed E-state index contributed by atoms with van der Waals surface area (Å²) in [7, 11) is 0. The summed E-state index contributed by atoms with van der Waals surface area (Å²) >= 11 is 0. The summed E-state index contributed by atoms with van der Waals surface area (Å²) in [5.41, 5.74) is 1.14. The first-order valence-electron chi connectivity index (χ1n) is 8.22. The Morgan fingerprint density at radius 2 is 2.08 bits per heavy atom. The van der Waals surface area contributed by atoms with Crippen LogP contribution in [0.25, 0.3) is 11.4 Å². The van der Waals surface area contributed by atoms with E-state index in [1.807, 2.05) is 6.92 Å². The largest absolute Gasteiger partial charge is 0.387 e. The Morgan fingerprint density at radius 3 is 2.72 bits per heavy atom. The quantitative estimate of drug-likeness (QED) is 0.899. The molecule has 3 rings (SSSR count). The van der Waals surface area contributed by atoms with E-state index in [4.69, 9.17) is 9.63 Å². The van der Waals surface area contributed by atoms with Gasteiger partial charge in [0.25, 0.3) is 0 Å². The molecule has 1 N–H and O–H groups in total. The highest BCUT2D eigenvalue weighted by Crippen LogP contribution is 2.24. The molecule has 1 aromatic heterocycles. The topological polar surface area (TPSA) is 82.7 Å². The van der Waals surface area contributed by atoms with Gasteiger partial charge in [-0.1, -0.05) is 17.3 Å². The van der Waals surface area contributed by atoms with Gasteiger partial charge < -0.3 is 14.5 Å². The Balaban J connectivity index is 1.68. The predicted molar refractivity (Wildman–Crippen MR) is 88.1 cm³/mol. The molecule has 0 aliphatic carbocycles. The maximum absolute atomic E-state index is 13.7. The fraction of sp³-hybridized carbons (Fsp3) is 0.471. The van der Waals surface area contributed by atoms with Crippen molar-refractivity contribution in [3.63, 3.8) is 0 Å². The van der Waals surface area contributed by atoms with E-state index in [9.17, 15) is 9.18 Å². The van der Waals surface area contributed by atoms with Crippen LogP contribution < -0.4 is 0 Å². The van der Waals surface area contributed by atoms with Crippen molar-refractivity contribution < 1.29 is 18.8 Å². The average molecular weight is 348 g/mol. The lowest BCUT2D eigenvalue weighted by atomic mass is 10.1. The molecule has 1 saturated heterocycles. The van der Waals surface area contributed by atoms with Crippen LogP contribution in [-0.2, 0) is 4.79 Å². The van der Waals surface area contributed by atoms with Gasteiger partial charge in [0.2, 0.25) is 17.6 Å². The number of nitrogens with zero attached hydrogens (tertiary/aromatic N) is 4. The molecular weight excluding hydrogens is 327 g/mol. The molecule has 0 bridgehead atoms. The third-order valence-corrected chi connectivity index (χ3v) is 4.58. The van der Waals surface area contributed by atoms with Crippen molar-refractivity contribution in [2.45, 2.75) is 19.9 Å². The van der Waals surface area contributed by atoms with Crippen LogP contribution in [0.5, 0.6) is 0 Å². The highest BCUT2D eigenvalue weighted by Gasteiger charge is 2.27. The number of hydrogen-bond donors (Lipinski definition) is 1. The van der Waals surface area contributed by atoms with Gasteiger partial charge in [-0.2, -0.15) is 4.98 Å². The molecule has 1 aliphatic heterocycles. The van der Waals surface area contributed by atoms with Crippen molar-refractivity contribution in [1.82, 2.24) is 19.9 Å².